The molecule has 0 aliphatic rings. The number of ether oxygens (including phenoxy) is 3. The van der Waals surface area contributed by atoms with Gasteiger partial charge in [0.05, 0.1) is 0 Å². The molecule has 0 bridgehead atoms. The molecule has 0 aromatic rings. The van der Waals surface area contributed by atoms with Crippen LogP contribution in [0, 0.1) is 0 Å². The van der Waals surface area contributed by atoms with Crippen molar-refractivity contribution in [2.45, 2.75) is 297 Å². The Morgan fingerprint density at radius 1 is 0.253 bits per heavy atom. The van der Waals surface area contributed by atoms with Gasteiger partial charge in [0, 0.05) is 19.3 Å². The molecule has 0 aliphatic heterocycles. The van der Waals surface area contributed by atoms with Crippen molar-refractivity contribution < 1.29 is 28.6 Å². The highest BCUT2D eigenvalue weighted by Gasteiger charge is 2.19. The van der Waals surface area contributed by atoms with Crippen LogP contribution in [0.25, 0.3) is 0 Å². The molecule has 0 aromatic carbocycles. The Kier molecular flexibility index (Phi) is 65.4. The molecule has 1 unspecified atom stereocenters. The molecule has 83 heavy (non-hydrogen) atoms. The Bertz CT molecular complexity index is 1840. The van der Waals surface area contributed by atoms with Gasteiger partial charge in [-0.2, -0.15) is 0 Å². The minimum Gasteiger partial charge on any atom is -0.462 e. The van der Waals surface area contributed by atoms with E-state index in [1.807, 2.05) is 0 Å². The van der Waals surface area contributed by atoms with Crippen LogP contribution in [-0.2, 0) is 28.6 Å². The van der Waals surface area contributed by atoms with E-state index < -0.39 is 6.10 Å². The van der Waals surface area contributed by atoms with Gasteiger partial charge in [-0.15, -0.1) is 0 Å². The second kappa shape index (κ2) is 69.5. The first-order valence-electron chi connectivity index (χ1n) is 34.0. The summed E-state index contributed by atoms with van der Waals surface area (Å²) >= 11 is 0. The highest BCUT2D eigenvalue weighted by Crippen LogP contribution is 2.15. The molecule has 0 N–H and O–H groups in total. The molecule has 0 spiro atoms. The van der Waals surface area contributed by atoms with E-state index in [0.717, 1.165) is 141 Å². The van der Waals surface area contributed by atoms with Crippen LogP contribution in [0.15, 0.2) is 158 Å². The monoisotopic (exact) mass is 1140 g/mol. The Balaban J connectivity index is 4.46. The van der Waals surface area contributed by atoms with Crippen molar-refractivity contribution in [2.75, 3.05) is 13.2 Å². The average molecular weight is 1150 g/mol. The van der Waals surface area contributed by atoms with Crippen LogP contribution in [-0.4, -0.2) is 37.2 Å². The van der Waals surface area contributed by atoms with Gasteiger partial charge >= 0.3 is 17.9 Å². The minimum absolute atomic E-state index is 0.114. The zero-order valence-electron chi connectivity index (χ0n) is 53.7. The van der Waals surface area contributed by atoms with Crippen LogP contribution in [0.5, 0.6) is 0 Å². The molecule has 0 heterocycles. The maximum absolute atomic E-state index is 12.9. The van der Waals surface area contributed by atoms with E-state index in [-0.39, 0.29) is 37.5 Å². The predicted octanol–water partition coefficient (Wildman–Crippen LogP) is 23.7. The lowest BCUT2D eigenvalue weighted by molar-refractivity contribution is -0.167. The molecule has 0 fully saturated rings. The summed E-state index contributed by atoms with van der Waals surface area (Å²) in [5, 5.41) is 0. The summed E-state index contributed by atoms with van der Waals surface area (Å²) in [5.74, 6) is -0.993. The van der Waals surface area contributed by atoms with Crippen molar-refractivity contribution >= 4 is 17.9 Å². The third-order valence-corrected chi connectivity index (χ3v) is 14.0. The first kappa shape index (κ1) is 78.0. The van der Waals surface area contributed by atoms with Crippen LogP contribution < -0.4 is 0 Å². The van der Waals surface area contributed by atoms with Crippen molar-refractivity contribution in [2.24, 2.45) is 0 Å². The second-order valence-corrected chi connectivity index (χ2v) is 22.0. The molecule has 0 saturated heterocycles. The zero-order chi connectivity index (χ0) is 59.9. The molecule has 6 nitrogen and oxygen atoms in total. The highest BCUT2D eigenvalue weighted by molar-refractivity contribution is 5.71. The standard InChI is InChI=1S/C77H124O6/c1-4-7-10-13-16-19-22-25-28-30-32-34-36-37-38-39-41-42-44-46-49-52-55-58-61-64-67-70-76(79)82-73-74(72-81-75(78)69-66-63-60-57-54-51-48-27-24-21-18-15-12-9-6-3)83-77(80)71-68-65-62-59-56-53-50-47-45-43-40-35-33-31-29-26-23-20-17-14-11-8-5-2/h8-9,11-12,17-18,20-22,25-27,29-30,32-33,35-37,43,45,48,50,53,59,62,74H,4-7,10,13-16,19,23-24,28,31,34,38-42,44,46-47,49,51-52,54-58,60-61,63-73H2,1-3H3/b11-8-,12-9-,20-17-,21-18-,25-22-,29-26-,32-30-,35-33-,37-36-,45-43-,48-27-,53-50-,62-59-. The average Bonchev–Trinajstić information content (AvgIpc) is 3.49. The summed E-state index contributed by atoms with van der Waals surface area (Å²) in [6, 6.07) is 0. The van der Waals surface area contributed by atoms with Crippen molar-refractivity contribution in [3.63, 3.8) is 0 Å². The number of carbonyl (C=O) groups is 3. The van der Waals surface area contributed by atoms with Crippen molar-refractivity contribution in [3.8, 4) is 0 Å². The fraction of sp³-hybridized carbons (Fsp3) is 0.623. The third kappa shape index (κ3) is 67.7. The van der Waals surface area contributed by atoms with Gasteiger partial charge in [0.15, 0.2) is 6.10 Å². The normalized spacial score (nSPS) is 13.1. The Morgan fingerprint density at radius 3 is 0.771 bits per heavy atom. The Labute approximate surface area is 511 Å². The molecular weight excluding hydrogens is 1020 g/mol. The SMILES string of the molecule is CC/C=C\C/C=C\C/C=C\C/C=C\C/C=C\C/C=C\C/C=C\CCCC(=O)OC(COC(=O)CCCCCCC/C=C\C/C=C\C/C=C\CC)COC(=O)CCCCCCCCCCCCCC/C=C\C/C=C\C/C=C\CCCCCCC. The van der Waals surface area contributed by atoms with E-state index in [2.05, 4.69) is 179 Å². The molecular formula is C77H124O6. The fourth-order valence-corrected chi connectivity index (χ4v) is 8.98. The molecule has 1 atom stereocenters. The smallest absolute Gasteiger partial charge is 0.306 e. The first-order valence-corrected chi connectivity index (χ1v) is 34.0. The zero-order valence-corrected chi connectivity index (χ0v) is 53.7. The highest BCUT2D eigenvalue weighted by atomic mass is 16.6. The first-order chi connectivity index (χ1) is 41.0. The summed E-state index contributed by atoms with van der Waals surface area (Å²) in [7, 11) is 0. The van der Waals surface area contributed by atoms with Gasteiger partial charge in [-0.05, 0) is 141 Å². The lowest BCUT2D eigenvalue weighted by Crippen LogP contribution is -2.30. The summed E-state index contributed by atoms with van der Waals surface area (Å²) in [6.45, 7) is 6.35. The number of carbonyl (C=O) groups excluding carboxylic acids is 3. The van der Waals surface area contributed by atoms with E-state index >= 15 is 0 Å². The van der Waals surface area contributed by atoms with E-state index in [9.17, 15) is 14.4 Å². The van der Waals surface area contributed by atoms with Gasteiger partial charge in [-0.3, -0.25) is 14.4 Å². The number of rotatable bonds is 60. The number of unbranched alkanes of at least 4 members (excludes halogenated alkanes) is 23. The second-order valence-electron chi connectivity index (χ2n) is 22.0. The van der Waals surface area contributed by atoms with Crippen molar-refractivity contribution in [1.29, 1.82) is 0 Å². The molecule has 0 saturated carbocycles. The summed E-state index contributed by atoms with van der Waals surface area (Å²) in [5.41, 5.74) is 0. The number of esters is 3. The van der Waals surface area contributed by atoms with E-state index in [4.69, 9.17) is 14.2 Å². The van der Waals surface area contributed by atoms with Crippen LogP contribution in [0.2, 0.25) is 0 Å². The number of allylic oxidation sites excluding steroid dienone is 26. The summed E-state index contributed by atoms with van der Waals surface area (Å²) in [4.78, 5) is 38.4. The van der Waals surface area contributed by atoms with Crippen LogP contribution >= 0.6 is 0 Å². The molecule has 0 rings (SSSR count). The lowest BCUT2D eigenvalue weighted by Gasteiger charge is -2.18. The molecule has 0 radical (unpaired) electrons. The minimum atomic E-state index is -0.826. The number of hydrogen-bond donors (Lipinski definition) is 0. The van der Waals surface area contributed by atoms with Gasteiger partial charge in [0.25, 0.3) is 0 Å². The van der Waals surface area contributed by atoms with Crippen molar-refractivity contribution in [3.05, 3.63) is 158 Å². The van der Waals surface area contributed by atoms with Gasteiger partial charge in [0.2, 0.25) is 0 Å². The lowest BCUT2D eigenvalue weighted by atomic mass is 10.0. The quantitative estimate of drug-likeness (QED) is 0.0261. The van der Waals surface area contributed by atoms with Crippen molar-refractivity contribution in [1.82, 2.24) is 0 Å². The van der Waals surface area contributed by atoms with Gasteiger partial charge < -0.3 is 14.2 Å². The molecule has 468 valence electrons. The van der Waals surface area contributed by atoms with Gasteiger partial charge in [0.1, 0.15) is 13.2 Å². The van der Waals surface area contributed by atoms with Crippen LogP contribution in [0.4, 0.5) is 0 Å². The maximum atomic E-state index is 12.9. The van der Waals surface area contributed by atoms with E-state index in [1.54, 1.807) is 0 Å². The van der Waals surface area contributed by atoms with E-state index in [0.29, 0.717) is 19.3 Å². The Hall–Kier alpha value is -4.97. The Morgan fingerprint density at radius 2 is 0.482 bits per heavy atom. The van der Waals surface area contributed by atoms with Gasteiger partial charge in [-0.25, -0.2) is 0 Å². The van der Waals surface area contributed by atoms with Crippen LogP contribution in [0.3, 0.4) is 0 Å². The predicted molar refractivity (Wildman–Crippen MR) is 362 cm³/mol. The fourth-order valence-electron chi connectivity index (χ4n) is 8.98. The largest absolute Gasteiger partial charge is 0.462 e. The van der Waals surface area contributed by atoms with Crippen LogP contribution in [0.1, 0.15) is 290 Å². The number of hydrogen-bond acceptors (Lipinski definition) is 6. The third-order valence-electron chi connectivity index (χ3n) is 14.0. The molecule has 6 heteroatoms. The van der Waals surface area contributed by atoms with Gasteiger partial charge in [-0.1, -0.05) is 288 Å². The molecule has 0 amide bonds. The maximum Gasteiger partial charge on any atom is 0.306 e. The molecule has 0 aliphatic carbocycles. The summed E-state index contributed by atoms with van der Waals surface area (Å²) < 4.78 is 16.9. The van der Waals surface area contributed by atoms with E-state index in [1.165, 1.54) is 103 Å². The molecule has 0 aromatic heterocycles. The summed E-state index contributed by atoms with van der Waals surface area (Å²) in [6.07, 6.45) is 101. The topological polar surface area (TPSA) is 78.9 Å².